The first-order valence-corrected chi connectivity index (χ1v) is 9.27. The molecule has 0 aromatic heterocycles. The third-order valence-electron chi connectivity index (χ3n) is 4.10. The summed E-state index contributed by atoms with van der Waals surface area (Å²) >= 11 is 6.13. The summed E-state index contributed by atoms with van der Waals surface area (Å²) in [5, 5.41) is 3.36. The molecule has 3 aromatic rings. The first-order valence-electron chi connectivity index (χ1n) is 8.90. The highest BCUT2D eigenvalue weighted by molar-refractivity contribution is 6.30. The van der Waals surface area contributed by atoms with E-state index in [1.807, 2.05) is 62.4 Å². The zero-order chi connectivity index (χ0) is 19.9. The fourth-order valence-electron chi connectivity index (χ4n) is 2.61. The molecule has 0 aliphatic heterocycles. The Kier molecular flexibility index (Phi) is 6.45. The second kappa shape index (κ2) is 9.20. The minimum absolute atomic E-state index is 0.110. The van der Waals surface area contributed by atoms with E-state index >= 15 is 0 Å². The summed E-state index contributed by atoms with van der Waals surface area (Å²) in [6, 6.07) is 20.6. The fourth-order valence-corrected chi connectivity index (χ4v) is 2.79. The van der Waals surface area contributed by atoms with Gasteiger partial charge in [0.25, 0.3) is 5.91 Å². The van der Waals surface area contributed by atoms with E-state index in [0.717, 1.165) is 22.5 Å². The lowest BCUT2D eigenvalue weighted by molar-refractivity contribution is -0.118. The van der Waals surface area contributed by atoms with Crippen LogP contribution in [0.2, 0.25) is 5.02 Å². The van der Waals surface area contributed by atoms with Crippen molar-refractivity contribution >= 4 is 35.1 Å². The molecule has 0 saturated carbocycles. The SMILES string of the molecule is Cc1ccc(C)c(N=Cc2cc(Cl)ccc2OCC(=O)Nc2ccccc2)c1. The highest BCUT2D eigenvalue weighted by atomic mass is 35.5. The smallest absolute Gasteiger partial charge is 0.262 e. The van der Waals surface area contributed by atoms with E-state index in [1.54, 1.807) is 24.4 Å². The van der Waals surface area contributed by atoms with Crippen molar-refractivity contribution in [3.05, 3.63) is 88.4 Å². The minimum Gasteiger partial charge on any atom is -0.483 e. The first kappa shape index (κ1) is 19.6. The van der Waals surface area contributed by atoms with E-state index in [1.165, 1.54) is 0 Å². The summed E-state index contributed by atoms with van der Waals surface area (Å²) in [5.74, 6) is 0.306. The molecule has 0 bridgehead atoms. The molecule has 0 atom stereocenters. The largest absolute Gasteiger partial charge is 0.483 e. The number of benzene rings is 3. The predicted octanol–water partition coefficient (Wildman–Crippen LogP) is 5.72. The van der Waals surface area contributed by atoms with E-state index in [0.29, 0.717) is 16.3 Å². The molecule has 1 N–H and O–H groups in total. The molecule has 142 valence electrons. The van der Waals surface area contributed by atoms with Gasteiger partial charge in [0.15, 0.2) is 6.61 Å². The lowest BCUT2D eigenvalue weighted by atomic mass is 10.1. The van der Waals surface area contributed by atoms with Gasteiger partial charge >= 0.3 is 0 Å². The number of rotatable bonds is 6. The molecule has 5 heteroatoms. The van der Waals surface area contributed by atoms with Crippen LogP contribution < -0.4 is 10.1 Å². The molecule has 4 nitrogen and oxygen atoms in total. The molecule has 0 saturated heterocycles. The molecule has 3 aromatic carbocycles. The van der Waals surface area contributed by atoms with Gasteiger partial charge in [0.1, 0.15) is 5.75 Å². The number of carbonyl (C=O) groups is 1. The second-order valence-electron chi connectivity index (χ2n) is 6.43. The van der Waals surface area contributed by atoms with Crippen LogP contribution in [0.3, 0.4) is 0 Å². The third kappa shape index (κ3) is 5.44. The Morgan fingerprint density at radius 1 is 1.07 bits per heavy atom. The van der Waals surface area contributed by atoms with E-state index in [-0.39, 0.29) is 12.5 Å². The molecule has 0 heterocycles. The van der Waals surface area contributed by atoms with Crippen molar-refractivity contribution in [3.63, 3.8) is 0 Å². The van der Waals surface area contributed by atoms with Gasteiger partial charge in [0.05, 0.1) is 5.69 Å². The number of halogens is 1. The van der Waals surface area contributed by atoms with Crippen LogP contribution in [-0.2, 0) is 4.79 Å². The Balaban J connectivity index is 1.72. The normalized spacial score (nSPS) is 10.8. The third-order valence-corrected chi connectivity index (χ3v) is 4.33. The molecule has 0 aliphatic rings. The fraction of sp³-hybridized carbons (Fsp3) is 0.130. The number of carbonyl (C=O) groups excluding carboxylic acids is 1. The summed E-state index contributed by atoms with van der Waals surface area (Å²) in [7, 11) is 0. The summed E-state index contributed by atoms with van der Waals surface area (Å²) in [6.45, 7) is 3.92. The second-order valence-corrected chi connectivity index (χ2v) is 6.87. The van der Waals surface area contributed by atoms with Gasteiger partial charge in [-0.25, -0.2) is 0 Å². The van der Waals surface area contributed by atoms with Crippen LogP contribution in [0.1, 0.15) is 16.7 Å². The highest BCUT2D eigenvalue weighted by Gasteiger charge is 2.08. The van der Waals surface area contributed by atoms with E-state index in [2.05, 4.69) is 10.3 Å². The van der Waals surface area contributed by atoms with Crippen LogP contribution in [0.4, 0.5) is 11.4 Å². The lowest BCUT2D eigenvalue weighted by Gasteiger charge is -2.10. The maximum absolute atomic E-state index is 12.1. The van der Waals surface area contributed by atoms with Gasteiger partial charge in [-0.1, -0.05) is 41.9 Å². The summed E-state index contributed by atoms with van der Waals surface area (Å²) in [4.78, 5) is 16.7. The summed E-state index contributed by atoms with van der Waals surface area (Å²) in [6.07, 6.45) is 1.71. The van der Waals surface area contributed by atoms with Crippen molar-refractivity contribution < 1.29 is 9.53 Å². The number of hydrogen-bond donors (Lipinski definition) is 1. The quantitative estimate of drug-likeness (QED) is 0.545. The van der Waals surface area contributed by atoms with Gasteiger partial charge < -0.3 is 10.1 Å². The van der Waals surface area contributed by atoms with E-state index in [4.69, 9.17) is 16.3 Å². The number of amides is 1. The van der Waals surface area contributed by atoms with Crippen molar-refractivity contribution in [1.29, 1.82) is 0 Å². The maximum atomic E-state index is 12.1. The molecule has 0 radical (unpaired) electrons. The number of nitrogens with zero attached hydrogens (tertiary/aromatic N) is 1. The average Bonchev–Trinajstić information content (AvgIpc) is 2.68. The van der Waals surface area contributed by atoms with Gasteiger partial charge in [-0.05, 0) is 61.4 Å². The Labute approximate surface area is 169 Å². The molecule has 0 unspecified atom stereocenters. The lowest BCUT2D eigenvalue weighted by Crippen LogP contribution is -2.20. The van der Waals surface area contributed by atoms with Gasteiger partial charge in [0.2, 0.25) is 0 Å². The zero-order valence-electron chi connectivity index (χ0n) is 15.8. The molecule has 0 aliphatic carbocycles. The highest BCUT2D eigenvalue weighted by Crippen LogP contribution is 2.24. The number of para-hydroxylation sites is 1. The number of anilines is 1. The topological polar surface area (TPSA) is 50.7 Å². The van der Waals surface area contributed by atoms with Crippen LogP contribution in [0.15, 0.2) is 71.7 Å². The predicted molar refractivity (Wildman–Crippen MR) is 115 cm³/mol. The van der Waals surface area contributed by atoms with Crippen LogP contribution >= 0.6 is 11.6 Å². The van der Waals surface area contributed by atoms with Crippen LogP contribution in [0.25, 0.3) is 0 Å². The molecule has 3 rings (SSSR count). The molecule has 1 amide bonds. The number of hydrogen-bond acceptors (Lipinski definition) is 3. The zero-order valence-corrected chi connectivity index (χ0v) is 16.5. The van der Waals surface area contributed by atoms with Crippen LogP contribution in [-0.4, -0.2) is 18.7 Å². The minimum atomic E-state index is -0.237. The Morgan fingerprint density at radius 2 is 1.86 bits per heavy atom. The van der Waals surface area contributed by atoms with Gasteiger partial charge in [-0.2, -0.15) is 0 Å². The average molecular weight is 393 g/mol. The van der Waals surface area contributed by atoms with Crippen molar-refractivity contribution in [2.24, 2.45) is 4.99 Å². The Bertz CT molecular complexity index is 1000. The van der Waals surface area contributed by atoms with Crippen molar-refractivity contribution in [1.82, 2.24) is 0 Å². The summed E-state index contributed by atoms with van der Waals surface area (Å²) < 4.78 is 5.71. The van der Waals surface area contributed by atoms with Crippen molar-refractivity contribution in [2.45, 2.75) is 13.8 Å². The van der Waals surface area contributed by atoms with Crippen molar-refractivity contribution in [3.8, 4) is 5.75 Å². The molecule has 28 heavy (non-hydrogen) atoms. The Morgan fingerprint density at radius 3 is 2.64 bits per heavy atom. The monoisotopic (exact) mass is 392 g/mol. The summed E-state index contributed by atoms with van der Waals surface area (Å²) in [5.41, 5.74) is 4.53. The first-order chi connectivity index (χ1) is 13.5. The van der Waals surface area contributed by atoms with Gasteiger partial charge in [-0.15, -0.1) is 0 Å². The van der Waals surface area contributed by atoms with Gasteiger partial charge in [-0.3, -0.25) is 9.79 Å². The molecule has 0 spiro atoms. The van der Waals surface area contributed by atoms with Crippen molar-refractivity contribution in [2.75, 3.05) is 11.9 Å². The van der Waals surface area contributed by atoms with Gasteiger partial charge in [0, 0.05) is 22.5 Å². The maximum Gasteiger partial charge on any atom is 0.262 e. The van der Waals surface area contributed by atoms with Crippen LogP contribution in [0, 0.1) is 13.8 Å². The van der Waals surface area contributed by atoms with Crippen LogP contribution in [0.5, 0.6) is 5.75 Å². The number of aliphatic imine (C=N–C) groups is 1. The van der Waals surface area contributed by atoms with E-state index in [9.17, 15) is 4.79 Å². The standard InChI is InChI=1S/C23H21ClN2O2/c1-16-8-9-17(2)21(12-16)25-14-18-13-19(24)10-11-22(18)28-15-23(27)26-20-6-4-3-5-7-20/h3-14H,15H2,1-2H3,(H,26,27). The van der Waals surface area contributed by atoms with E-state index < -0.39 is 0 Å². The number of aryl methyl sites for hydroxylation is 2. The number of ether oxygens (including phenoxy) is 1. The Hall–Kier alpha value is -3.11. The number of nitrogens with one attached hydrogen (secondary N) is 1. The molecular formula is C23H21ClN2O2. The molecular weight excluding hydrogens is 372 g/mol. The molecule has 0 fully saturated rings.